The van der Waals surface area contributed by atoms with Crippen LogP contribution in [0.1, 0.15) is 70.1 Å². The van der Waals surface area contributed by atoms with Crippen LogP contribution in [0.2, 0.25) is 0 Å². The molecule has 7 heteroatoms. The van der Waals surface area contributed by atoms with E-state index in [1.807, 2.05) is 107 Å². The molecule has 40 heavy (non-hydrogen) atoms. The third-order valence-electron chi connectivity index (χ3n) is 7.15. The maximum absolute atomic E-state index is 13.4. The number of anilines is 1. The van der Waals surface area contributed by atoms with E-state index in [9.17, 15) is 14.4 Å². The van der Waals surface area contributed by atoms with E-state index in [-0.39, 0.29) is 29.4 Å². The SMILES string of the molecule is CC(=O)C(C)(C)Sc1cccc(NC(=O)C(c2ccc(CN3N=C(c4ccccc4)CCC3=O)cc2)C(C)C)c1. The smallest absolute Gasteiger partial charge is 0.243 e. The van der Waals surface area contributed by atoms with Crippen LogP contribution < -0.4 is 5.32 Å². The van der Waals surface area contributed by atoms with Gasteiger partial charge in [0.15, 0.2) is 0 Å². The Kier molecular flexibility index (Phi) is 9.25. The fourth-order valence-electron chi connectivity index (χ4n) is 4.63. The summed E-state index contributed by atoms with van der Waals surface area (Å²) in [5, 5.41) is 9.27. The van der Waals surface area contributed by atoms with E-state index in [0.29, 0.717) is 25.1 Å². The molecule has 0 aliphatic carbocycles. The summed E-state index contributed by atoms with van der Waals surface area (Å²) in [4.78, 5) is 38.9. The van der Waals surface area contributed by atoms with Crippen molar-refractivity contribution >= 4 is 40.8 Å². The fourth-order valence-corrected chi connectivity index (χ4v) is 5.69. The second kappa shape index (κ2) is 12.6. The molecule has 1 aliphatic heterocycles. The molecule has 3 aromatic carbocycles. The minimum atomic E-state index is -0.544. The molecule has 1 aliphatic rings. The molecule has 0 saturated heterocycles. The fraction of sp³-hybridized carbons (Fsp3) is 0.333. The van der Waals surface area contributed by atoms with Gasteiger partial charge >= 0.3 is 0 Å². The van der Waals surface area contributed by atoms with Gasteiger partial charge < -0.3 is 5.32 Å². The van der Waals surface area contributed by atoms with Crippen LogP contribution >= 0.6 is 11.8 Å². The Morgan fingerprint density at radius 2 is 1.68 bits per heavy atom. The summed E-state index contributed by atoms with van der Waals surface area (Å²) in [5.74, 6) is -0.252. The molecule has 0 fully saturated rings. The van der Waals surface area contributed by atoms with Crippen LogP contribution in [0.15, 0.2) is 88.9 Å². The predicted molar refractivity (Wildman–Crippen MR) is 162 cm³/mol. The van der Waals surface area contributed by atoms with Gasteiger partial charge in [-0.25, -0.2) is 5.01 Å². The molecule has 208 valence electrons. The Hall–Kier alpha value is -3.71. The summed E-state index contributed by atoms with van der Waals surface area (Å²) in [7, 11) is 0. The van der Waals surface area contributed by atoms with Gasteiger partial charge in [-0.1, -0.05) is 74.5 Å². The lowest BCUT2D eigenvalue weighted by Gasteiger charge is -2.24. The van der Waals surface area contributed by atoms with Crippen molar-refractivity contribution in [1.29, 1.82) is 0 Å². The van der Waals surface area contributed by atoms with Crippen LogP contribution in [0.3, 0.4) is 0 Å². The summed E-state index contributed by atoms with van der Waals surface area (Å²) >= 11 is 1.48. The van der Waals surface area contributed by atoms with E-state index in [4.69, 9.17) is 0 Å². The standard InChI is InChI=1S/C33H37N3O3S/c1-22(2)31(32(39)34-27-12-9-13-28(20-27)40-33(4,5)23(3)37)26-16-14-24(15-17-26)21-36-30(38)19-18-29(35-36)25-10-7-6-8-11-25/h6-17,20,22,31H,18-19,21H2,1-5H3,(H,34,39). The van der Waals surface area contributed by atoms with E-state index in [1.54, 1.807) is 11.9 Å². The number of hydrogen-bond acceptors (Lipinski definition) is 5. The maximum Gasteiger partial charge on any atom is 0.243 e. The normalized spacial score (nSPS) is 14.6. The lowest BCUT2D eigenvalue weighted by molar-refractivity contribution is -0.132. The number of carbonyl (C=O) groups excluding carboxylic acids is 3. The number of nitrogens with zero attached hydrogens (tertiary/aromatic N) is 2. The number of thioether (sulfide) groups is 1. The number of ketones is 1. The number of benzene rings is 3. The molecule has 1 heterocycles. The lowest BCUT2D eigenvalue weighted by Crippen LogP contribution is -2.31. The first-order valence-corrected chi connectivity index (χ1v) is 14.5. The Morgan fingerprint density at radius 1 is 0.975 bits per heavy atom. The maximum atomic E-state index is 13.4. The third-order valence-corrected chi connectivity index (χ3v) is 8.44. The van der Waals surface area contributed by atoms with Crippen molar-refractivity contribution in [3.05, 3.63) is 95.6 Å². The van der Waals surface area contributed by atoms with Crippen LogP contribution in [-0.4, -0.2) is 33.1 Å². The average Bonchev–Trinajstić information content (AvgIpc) is 2.91. The molecule has 0 radical (unpaired) electrons. The summed E-state index contributed by atoms with van der Waals surface area (Å²) in [6, 6.07) is 25.4. The summed E-state index contributed by atoms with van der Waals surface area (Å²) in [5.41, 5.74) is 4.52. The molecular formula is C33H37N3O3S. The summed E-state index contributed by atoms with van der Waals surface area (Å²) in [6.07, 6.45) is 1.08. The van der Waals surface area contributed by atoms with Gasteiger partial charge in [-0.05, 0) is 61.6 Å². The van der Waals surface area contributed by atoms with Crippen LogP contribution in [-0.2, 0) is 20.9 Å². The number of carbonyl (C=O) groups is 3. The molecule has 4 rings (SSSR count). The van der Waals surface area contributed by atoms with Crippen molar-refractivity contribution in [2.45, 2.75) is 69.6 Å². The van der Waals surface area contributed by atoms with Crippen molar-refractivity contribution in [2.24, 2.45) is 11.0 Å². The number of amides is 2. The van der Waals surface area contributed by atoms with E-state index in [1.165, 1.54) is 11.8 Å². The van der Waals surface area contributed by atoms with Crippen LogP contribution in [0.5, 0.6) is 0 Å². The zero-order valence-corrected chi connectivity index (χ0v) is 24.6. The van der Waals surface area contributed by atoms with Crippen molar-refractivity contribution in [2.75, 3.05) is 5.32 Å². The first kappa shape index (κ1) is 29.3. The van der Waals surface area contributed by atoms with Crippen LogP contribution in [0.25, 0.3) is 0 Å². The predicted octanol–water partition coefficient (Wildman–Crippen LogP) is 7.05. The molecule has 1 N–H and O–H groups in total. The van der Waals surface area contributed by atoms with E-state index in [0.717, 1.165) is 27.3 Å². The molecule has 6 nitrogen and oxygen atoms in total. The molecule has 2 amide bonds. The molecule has 0 aromatic heterocycles. The Balaban J connectivity index is 1.46. The Bertz CT molecular complexity index is 1400. The number of Topliss-reactive ketones (excluding diaryl/α,β-unsaturated/α-hetero) is 1. The van der Waals surface area contributed by atoms with E-state index >= 15 is 0 Å². The van der Waals surface area contributed by atoms with Crippen molar-refractivity contribution in [3.63, 3.8) is 0 Å². The van der Waals surface area contributed by atoms with Gasteiger partial charge in [0, 0.05) is 23.4 Å². The summed E-state index contributed by atoms with van der Waals surface area (Å²) < 4.78 is -0.544. The van der Waals surface area contributed by atoms with Gasteiger partial charge in [-0.3, -0.25) is 14.4 Å². The molecule has 1 unspecified atom stereocenters. The van der Waals surface area contributed by atoms with E-state index in [2.05, 4.69) is 10.4 Å². The highest BCUT2D eigenvalue weighted by Gasteiger charge is 2.27. The van der Waals surface area contributed by atoms with Crippen LogP contribution in [0.4, 0.5) is 5.69 Å². The highest BCUT2D eigenvalue weighted by Crippen LogP contribution is 2.35. The van der Waals surface area contributed by atoms with E-state index < -0.39 is 4.75 Å². The average molecular weight is 556 g/mol. The first-order valence-electron chi connectivity index (χ1n) is 13.7. The monoisotopic (exact) mass is 555 g/mol. The highest BCUT2D eigenvalue weighted by molar-refractivity contribution is 8.01. The second-order valence-corrected chi connectivity index (χ2v) is 12.7. The highest BCUT2D eigenvalue weighted by atomic mass is 32.2. The molecule has 1 atom stereocenters. The largest absolute Gasteiger partial charge is 0.326 e. The number of rotatable bonds is 10. The number of nitrogens with one attached hydrogen (secondary N) is 1. The molecule has 0 saturated carbocycles. The van der Waals surface area contributed by atoms with Gasteiger partial charge in [0.05, 0.1) is 22.9 Å². The molecule has 0 spiro atoms. The molecular weight excluding hydrogens is 518 g/mol. The van der Waals surface area contributed by atoms with Gasteiger partial charge in [0.1, 0.15) is 5.78 Å². The van der Waals surface area contributed by atoms with Crippen LogP contribution in [0, 0.1) is 5.92 Å². The van der Waals surface area contributed by atoms with Crippen molar-refractivity contribution < 1.29 is 14.4 Å². The molecule has 0 bridgehead atoms. The number of hydrogen-bond donors (Lipinski definition) is 1. The summed E-state index contributed by atoms with van der Waals surface area (Å²) in [6.45, 7) is 9.85. The van der Waals surface area contributed by atoms with Gasteiger partial charge in [0.2, 0.25) is 11.8 Å². The van der Waals surface area contributed by atoms with Crippen molar-refractivity contribution in [1.82, 2.24) is 5.01 Å². The van der Waals surface area contributed by atoms with Gasteiger partial charge in [0.25, 0.3) is 0 Å². The minimum Gasteiger partial charge on any atom is -0.326 e. The van der Waals surface area contributed by atoms with Crippen molar-refractivity contribution in [3.8, 4) is 0 Å². The Labute approximate surface area is 241 Å². The zero-order chi connectivity index (χ0) is 28.9. The lowest BCUT2D eigenvalue weighted by atomic mass is 9.87. The second-order valence-electron chi connectivity index (χ2n) is 11.0. The van der Waals surface area contributed by atoms with Gasteiger partial charge in [-0.2, -0.15) is 5.10 Å². The molecule has 3 aromatic rings. The Morgan fingerprint density at radius 3 is 2.33 bits per heavy atom. The van der Waals surface area contributed by atoms with Gasteiger partial charge in [-0.15, -0.1) is 11.8 Å². The third kappa shape index (κ3) is 7.27. The quantitative estimate of drug-likeness (QED) is 0.272. The first-order chi connectivity index (χ1) is 19.0. The topological polar surface area (TPSA) is 78.8 Å². The zero-order valence-electron chi connectivity index (χ0n) is 23.8. The number of hydrazone groups is 1. The minimum absolute atomic E-state index is 0.00952.